The Hall–Kier alpha value is -2.53. The number of hydrogen-bond acceptors (Lipinski definition) is 4. The van der Waals surface area contributed by atoms with Crippen molar-refractivity contribution in [1.29, 1.82) is 0 Å². The standard InChI is InChI=1S/C19H19ClN2O3/c1-3-13(2)24-15-10-8-14(9-11-15)12-22-19(23)25-18(21-22)16-6-4-5-7-17(16)20/h4-11,13H,3,12H2,1-2H3. The SMILES string of the molecule is CCC(C)Oc1ccc(Cn2nc(-c3ccccc3Cl)oc2=O)cc1. The molecule has 130 valence electrons. The van der Waals surface area contributed by atoms with Crippen molar-refractivity contribution in [2.24, 2.45) is 0 Å². The average Bonchev–Trinajstić information content (AvgIpc) is 2.97. The number of halogens is 1. The number of hydrogen-bond donors (Lipinski definition) is 0. The predicted molar refractivity (Wildman–Crippen MR) is 97.1 cm³/mol. The molecular formula is C19H19ClN2O3. The van der Waals surface area contributed by atoms with Gasteiger partial charge in [-0.15, -0.1) is 5.10 Å². The van der Waals surface area contributed by atoms with Gasteiger partial charge in [0, 0.05) is 0 Å². The fraction of sp³-hybridized carbons (Fsp3) is 0.263. The van der Waals surface area contributed by atoms with Crippen LogP contribution in [0, 0.1) is 0 Å². The average molecular weight is 359 g/mol. The molecule has 1 unspecified atom stereocenters. The quantitative estimate of drug-likeness (QED) is 0.656. The van der Waals surface area contributed by atoms with E-state index < -0.39 is 5.76 Å². The summed E-state index contributed by atoms with van der Waals surface area (Å²) in [6.45, 7) is 4.42. The number of nitrogens with zero attached hydrogens (tertiary/aromatic N) is 2. The van der Waals surface area contributed by atoms with Gasteiger partial charge in [0.1, 0.15) is 5.75 Å². The van der Waals surface area contributed by atoms with Gasteiger partial charge in [0.2, 0.25) is 0 Å². The number of rotatable bonds is 6. The van der Waals surface area contributed by atoms with Crippen LogP contribution >= 0.6 is 11.6 Å². The van der Waals surface area contributed by atoms with Gasteiger partial charge in [-0.25, -0.2) is 4.79 Å². The van der Waals surface area contributed by atoms with Crippen molar-refractivity contribution in [3.05, 3.63) is 69.7 Å². The Labute approximate surface area is 150 Å². The molecule has 0 aliphatic heterocycles. The Kier molecular flexibility index (Phi) is 5.24. The Morgan fingerprint density at radius 3 is 2.60 bits per heavy atom. The molecule has 0 N–H and O–H groups in total. The Balaban J connectivity index is 1.78. The van der Waals surface area contributed by atoms with E-state index in [-0.39, 0.29) is 12.0 Å². The molecular weight excluding hydrogens is 340 g/mol. The summed E-state index contributed by atoms with van der Waals surface area (Å²) in [7, 11) is 0. The highest BCUT2D eigenvalue weighted by atomic mass is 35.5. The normalized spacial score (nSPS) is 12.1. The van der Waals surface area contributed by atoms with E-state index in [9.17, 15) is 4.79 Å². The van der Waals surface area contributed by atoms with E-state index in [1.54, 1.807) is 12.1 Å². The molecule has 6 heteroatoms. The first-order valence-electron chi connectivity index (χ1n) is 8.15. The van der Waals surface area contributed by atoms with Crippen LogP contribution in [0.2, 0.25) is 5.02 Å². The zero-order valence-corrected chi connectivity index (χ0v) is 14.9. The van der Waals surface area contributed by atoms with Crippen LogP contribution in [-0.2, 0) is 6.54 Å². The van der Waals surface area contributed by atoms with E-state index >= 15 is 0 Å². The van der Waals surface area contributed by atoms with E-state index in [2.05, 4.69) is 12.0 Å². The lowest BCUT2D eigenvalue weighted by molar-refractivity contribution is 0.217. The van der Waals surface area contributed by atoms with Gasteiger partial charge in [0.05, 0.1) is 23.2 Å². The molecule has 1 atom stereocenters. The van der Waals surface area contributed by atoms with Crippen molar-refractivity contribution in [3.8, 4) is 17.2 Å². The molecule has 0 aliphatic rings. The third-order valence-corrected chi connectivity index (χ3v) is 4.21. The summed E-state index contributed by atoms with van der Waals surface area (Å²) in [5.41, 5.74) is 1.52. The van der Waals surface area contributed by atoms with Crippen LogP contribution in [0.5, 0.6) is 5.75 Å². The van der Waals surface area contributed by atoms with Crippen LogP contribution in [0.25, 0.3) is 11.5 Å². The van der Waals surface area contributed by atoms with Gasteiger partial charge in [-0.1, -0.05) is 42.8 Å². The molecule has 0 aliphatic carbocycles. The maximum Gasteiger partial charge on any atom is 0.437 e. The Morgan fingerprint density at radius 1 is 1.20 bits per heavy atom. The molecule has 1 aromatic heterocycles. The molecule has 0 fully saturated rings. The Bertz CT molecular complexity index is 900. The molecule has 0 radical (unpaired) electrons. The van der Waals surface area contributed by atoms with Crippen molar-refractivity contribution in [1.82, 2.24) is 9.78 Å². The van der Waals surface area contributed by atoms with Crippen molar-refractivity contribution in [2.45, 2.75) is 32.9 Å². The molecule has 1 heterocycles. The minimum absolute atomic E-state index is 0.169. The fourth-order valence-electron chi connectivity index (χ4n) is 2.31. The third-order valence-electron chi connectivity index (χ3n) is 3.88. The van der Waals surface area contributed by atoms with Crippen molar-refractivity contribution >= 4 is 11.6 Å². The van der Waals surface area contributed by atoms with Crippen LogP contribution < -0.4 is 10.5 Å². The molecule has 2 aromatic carbocycles. The van der Waals surface area contributed by atoms with Gasteiger partial charge in [-0.2, -0.15) is 4.68 Å². The second-order valence-electron chi connectivity index (χ2n) is 5.79. The minimum Gasteiger partial charge on any atom is -0.491 e. The maximum atomic E-state index is 12.0. The number of aromatic nitrogens is 2. The predicted octanol–water partition coefficient (Wildman–Crippen LogP) is 4.38. The number of ether oxygens (including phenoxy) is 1. The second kappa shape index (κ2) is 7.57. The second-order valence-corrected chi connectivity index (χ2v) is 6.20. The monoisotopic (exact) mass is 358 g/mol. The van der Waals surface area contributed by atoms with E-state index in [0.717, 1.165) is 17.7 Å². The first-order valence-corrected chi connectivity index (χ1v) is 8.53. The summed E-state index contributed by atoms with van der Waals surface area (Å²) in [6, 6.07) is 14.7. The topological polar surface area (TPSA) is 57.3 Å². The Morgan fingerprint density at radius 2 is 1.92 bits per heavy atom. The van der Waals surface area contributed by atoms with Gasteiger partial charge >= 0.3 is 5.76 Å². The summed E-state index contributed by atoms with van der Waals surface area (Å²) >= 11 is 6.13. The summed E-state index contributed by atoms with van der Waals surface area (Å²) in [4.78, 5) is 12.0. The van der Waals surface area contributed by atoms with Crippen LogP contribution in [0.15, 0.2) is 57.7 Å². The zero-order chi connectivity index (χ0) is 17.8. The van der Waals surface area contributed by atoms with Gasteiger partial charge in [0.25, 0.3) is 5.89 Å². The summed E-state index contributed by atoms with van der Waals surface area (Å²) in [5, 5.41) is 4.73. The molecule has 0 bridgehead atoms. The summed E-state index contributed by atoms with van der Waals surface area (Å²) < 4.78 is 12.3. The summed E-state index contributed by atoms with van der Waals surface area (Å²) in [5.74, 6) is 0.504. The molecule has 0 saturated carbocycles. The van der Waals surface area contributed by atoms with Crippen molar-refractivity contribution in [2.75, 3.05) is 0 Å². The van der Waals surface area contributed by atoms with E-state index in [1.807, 2.05) is 43.3 Å². The highest BCUT2D eigenvalue weighted by Gasteiger charge is 2.13. The van der Waals surface area contributed by atoms with Crippen LogP contribution in [0.4, 0.5) is 0 Å². The van der Waals surface area contributed by atoms with Crippen LogP contribution in [-0.4, -0.2) is 15.9 Å². The molecule has 3 aromatic rings. The first-order chi connectivity index (χ1) is 12.1. The molecule has 0 spiro atoms. The van der Waals surface area contributed by atoms with Crippen molar-refractivity contribution in [3.63, 3.8) is 0 Å². The lowest BCUT2D eigenvalue weighted by Crippen LogP contribution is -2.16. The molecule has 3 rings (SSSR count). The van der Waals surface area contributed by atoms with Crippen LogP contribution in [0.1, 0.15) is 25.8 Å². The highest BCUT2D eigenvalue weighted by molar-refractivity contribution is 6.33. The van der Waals surface area contributed by atoms with E-state index in [4.69, 9.17) is 20.8 Å². The number of benzene rings is 2. The molecule has 25 heavy (non-hydrogen) atoms. The first kappa shape index (κ1) is 17.3. The fourth-order valence-corrected chi connectivity index (χ4v) is 2.53. The van der Waals surface area contributed by atoms with Gasteiger partial charge in [-0.05, 0) is 43.2 Å². The molecule has 0 saturated heterocycles. The smallest absolute Gasteiger partial charge is 0.437 e. The third kappa shape index (κ3) is 4.12. The van der Waals surface area contributed by atoms with Crippen molar-refractivity contribution < 1.29 is 9.15 Å². The van der Waals surface area contributed by atoms with Gasteiger partial charge < -0.3 is 9.15 Å². The zero-order valence-electron chi connectivity index (χ0n) is 14.1. The van der Waals surface area contributed by atoms with Gasteiger partial charge in [0.15, 0.2) is 0 Å². The largest absolute Gasteiger partial charge is 0.491 e. The lowest BCUT2D eigenvalue weighted by Gasteiger charge is -2.12. The van der Waals surface area contributed by atoms with E-state index in [0.29, 0.717) is 17.1 Å². The van der Waals surface area contributed by atoms with E-state index in [1.165, 1.54) is 4.68 Å². The maximum absolute atomic E-state index is 12.0. The highest BCUT2D eigenvalue weighted by Crippen LogP contribution is 2.25. The minimum atomic E-state index is -0.519. The molecule has 5 nitrogen and oxygen atoms in total. The summed E-state index contributed by atoms with van der Waals surface area (Å²) in [6.07, 6.45) is 1.11. The lowest BCUT2D eigenvalue weighted by atomic mass is 10.2. The molecule has 0 amide bonds. The van der Waals surface area contributed by atoms with Gasteiger partial charge in [-0.3, -0.25) is 0 Å². The van der Waals surface area contributed by atoms with Crippen LogP contribution in [0.3, 0.4) is 0 Å².